The zero-order chi connectivity index (χ0) is 13.2. The highest BCUT2D eigenvalue weighted by Gasteiger charge is 2.15. The number of rotatable bonds is 1. The average molecular weight is 241 g/mol. The van der Waals surface area contributed by atoms with E-state index in [1.165, 1.54) is 6.07 Å². The number of aliphatic imine (C=N–C) groups is 1. The van der Waals surface area contributed by atoms with Gasteiger partial charge in [0, 0.05) is 6.07 Å². The van der Waals surface area contributed by atoms with Gasteiger partial charge in [0.25, 0.3) is 0 Å². The van der Waals surface area contributed by atoms with Crippen LogP contribution in [0.25, 0.3) is 0 Å². The van der Waals surface area contributed by atoms with Gasteiger partial charge < -0.3 is 5.43 Å². The van der Waals surface area contributed by atoms with Gasteiger partial charge in [-0.1, -0.05) is 0 Å². The number of amidine groups is 1. The summed E-state index contributed by atoms with van der Waals surface area (Å²) >= 11 is 0. The SMILES string of the molecule is Cc1cc(C(=NC(C)(C)C)NN)c(F)cc1F. The number of aryl methyl sites for hydroxylation is 1. The maximum absolute atomic E-state index is 13.6. The van der Waals surface area contributed by atoms with Crippen molar-refractivity contribution in [2.24, 2.45) is 10.8 Å². The van der Waals surface area contributed by atoms with Crippen molar-refractivity contribution < 1.29 is 8.78 Å². The number of benzene rings is 1. The van der Waals surface area contributed by atoms with E-state index in [1.807, 2.05) is 20.8 Å². The van der Waals surface area contributed by atoms with Crippen molar-refractivity contribution in [3.8, 4) is 0 Å². The highest BCUT2D eigenvalue weighted by molar-refractivity contribution is 5.99. The monoisotopic (exact) mass is 241 g/mol. The normalized spacial score (nSPS) is 12.8. The fourth-order valence-corrected chi connectivity index (χ4v) is 1.34. The Labute approximate surface area is 99.7 Å². The lowest BCUT2D eigenvalue weighted by molar-refractivity contribution is 0.568. The van der Waals surface area contributed by atoms with Crippen LogP contribution in [0.2, 0.25) is 0 Å². The lowest BCUT2D eigenvalue weighted by Gasteiger charge is -2.16. The molecule has 1 aromatic carbocycles. The molecule has 0 radical (unpaired) electrons. The summed E-state index contributed by atoms with van der Waals surface area (Å²) in [5.41, 5.74) is 2.46. The predicted octanol–water partition coefficient (Wildman–Crippen LogP) is 2.28. The number of hydrazine groups is 1. The van der Waals surface area contributed by atoms with E-state index in [9.17, 15) is 8.78 Å². The Morgan fingerprint density at radius 1 is 1.24 bits per heavy atom. The van der Waals surface area contributed by atoms with Crippen molar-refractivity contribution in [3.63, 3.8) is 0 Å². The van der Waals surface area contributed by atoms with Crippen LogP contribution >= 0.6 is 0 Å². The molecule has 0 fully saturated rings. The second-order valence-corrected chi connectivity index (χ2v) is 4.86. The van der Waals surface area contributed by atoms with E-state index < -0.39 is 17.2 Å². The molecule has 3 nitrogen and oxygen atoms in total. The smallest absolute Gasteiger partial charge is 0.146 e. The maximum Gasteiger partial charge on any atom is 0.146 e. The molecule has 0 bridgehead atoms. The molecule has 0 aromatic heterocycles. The number of hydrogen-bond acceptors (Lipinski definition) is 2. The van der Waals surface area contributed by atoms with Gasteiger partial charge in [-0.2, -0.15) is 0 Å². The third-order valence-electron chi connectivity index (χ3n) is 2.09. The van der Waals surface area contributed by atoms with Gasteiger partial charge in [0.2, 0.25) is 0 Å². The average Bonchev–Trinajstić information content (AvgIpc) is 2.19. The molecule has 0 amide bonds. The highest BCUT2D eigenvalue weighted by atomic mass is 19.1. The predicted molar refractivity (Wildman–Crippen MR) is 64.7 cm³/mol. The first kappa shape index (κ1) is 13.6. The van der Waals surface area contributed by atoms with E-state index in [-0.39, 0.29) is 11.4 Å². The molecule has 1 aromatic rings. The lowest BCUT2D eigenvalue weighted by atomic mass is 10.1. The summed E-state index contributed by atoms with van der Waals surface area (Å²) in [5, 5.41) is 0. The van der Waals surface area contributed by atoms with E-state index in [0.29, 0.717) is 5.56 Å². The first-order chi connectivity index (χ1) is 7.74. The summed E-state index contributed by atoms with van der Waals surface area (Å²) in [7, 11) is 0. The molecule has 0 atom stereocenters. The van der Waals surface area contributed by atoms with Crippen LogP contribution in [0.5, 0.6) is 0 Å². The fraction of sp³-hybridized carbons (Fsp3) is 0.417. The molecule has 5 heteroatoms. The molecule has 17 heavy (non-hydrogen) atoms. The minimum atomic E-state index is -0.686. The summed E-state index contributed by atoms with van der Waals surface area (Å²) in [6, 6.07) is 2.22. The van der Waals surface area contributed by atoms with Crippen molar-refractivity contribution in [2.75, 3.05) is 0 Å². The van der Waals surface area contributed by atoms with Gasteiger partial charge in [-0.3, -0.25) is 4.99 Å². The van der Waals surface area contributed by atoms with Crippen molar-refractivity contribution in [3.05, 3.63) is 34.9 Å². The number of nitrogens with zero attached hydrogens (tertiary/aromatic N) is 1. The Morgan fingerprint density at radius 2 is 1.82 bits per heavy atom. The van der Waals surface area contributed by atoms with E-state index in [2.05, 4.69) is 10.4 Å². The van der Waals surface area contributed by atoms with Crippen LogP contribution in [-0.4, -0.2) is 11.4 Å². The van der Waals surface area contributed by atoms with Crippen LogP contribution in [0.3, 0.4) is 0 Å². The van der Waals surface area contributed by atoms with Gasteiger partial charge >= 0.3 is 0 Å². The largest absolute Gasteiger partial charge is 0.308 e. The minimum Gasteiger partial charge on any atom is -0.308 e. The summed E-state index contributed by atoms with van der Waals surface area (Å²) in [6.07, 6.45) is 0. The van der Waals surface area contributed by atoms with E-state index in [1.54, 1.807) is 6.92 Å². The molecular formula is C12H17F2N3. The van der Waals surface area contributed by atoms with Gasteiger partial charge in [0.05, 0.1) is 11.1 Å². The Hall–Kier alpha value is -1.49. The number of halogens is 2. The molecule has 0 aliphatic rings. The topological polar surface area (TPSA) is 50.4 Å². The molecule has 0 spiro atoms. The molecule has 94 valence electrons. The molecule has 0 saturated heterocycles. The van der Waals surface area contributed by atoms with Crippen molar-refractivity contribution in [2.45, 2.75) is 33.2 Å². The lowest BCUT2D eigenvalue weighted by Crippen LogP contribution is -2.34. The van der Waals surface area contributed by atoms with Gasteiger partial charge in [-0.25, -0.2) is 14.6 Å². The Balaban J connectivity index is 3.31. The van der Waals surface area contributed by atoms with E-state index >= 15 is 0 Å². The molecule has 3 N–H and O–H groups in total. The highest BCUT2D eigenvalue weighted by Crippen LogP contribution is 2.16. The second-order valence-electron chi connectivity index (χ2n) is 4.86. The van der Waals surface area contributed by atoms with Crippen molar-refractivity contribution in [1.29, 1.82) is 0 Å². The summed E-state index contributed by atoms with van der Waals surface area (Å²) < 4.78 is 26.8. The number of hydrogen-bond donors (Lipinski definition) is 2. The van der Waals surface area contributed by atoms with Crippen LogP contribution in [0.15, 0.2) is 17.1 Å². The van der Waals surface area contributed by atoms with Crippen LogP contribution < -0.4 is 11.3 Å². The van der Waals surface area contributed by atoms with Crippen LogP contribution in [-0.2, 0) is 0 Å². The zero-order valence-corrected chi connectivity index (χ0v) is 10.4. The summed E-state index contributed by atoms with van der Waals surface area (Å²) in [6.45, 7) is 7.14. The third kappa shape index (κ3) is 3.49. The van der Waals surface area contributed by atoms with Gasteiger partial charge in [-0.05, 0) is 39.3 Å². The third-order valence-corrected chi connectivity index (χ3v) is 2.09. The van der Waals surface area contributed by atoms with Gasteiger partial charge in [0.15, 0.2) is 0 Å². The summed E-state index contributed by atoms with van der Waals surface area (Å²) in [4.78, 5) is 4.25. The fourth-order valence-electron chi connectivity index (χ4n) is 1.34. The van der Waals surface area contributed by atoms with Gasteiger partial charge in [0.1, 0.15) is 17.5 Å². The first-order valence-electron chi connectivity index (χ1n) is 5.27. The Kier molecular flexibility index (Phi) is 3.83. The van der Waals surface area contributed by atoms with Crippen molar-refractivity contribution in [1.82, 2.24) is 5.43 Å². The second kappa shape index (κ2) is 4.79. The Morgan fingerprint density at radius 3 is 2.29 bits per heavy atom. The standard InChI is InChI=1S/C12H17F2N3/c1-7-5-8(10(14)6-9(7)13)11(17-15)16-12(2,3)4/h5-6H,15H2,1-4H3,(H,16,17). The minimum absolute atomic E-state index is 0.168. The van der Waals surface area contributed by atoms with E-state index in [0.717, 1.165) is 6.07 Å². The van der Waals surface area contributed by atoms with E-state index in [4.69, 9.17) is 5.84 Å². The molecule has 0 saturated carbocycles. The van der Waals surface area contributed by atoms with Gasteiger partial charge in [-0.15, -0.1) is 0 Å². The number of nitrogens with one attached hydrogen (secondary N) is 1. The molecule has 0 heterocycles. The first-order valence-corrected chi connectivity index (χ1v) is 5.27. The maximum atomic E-state index is 13.6. The molecular weight excluding hydrogens is 224 g/mol. The van der Waals surface area contributed by atoms with Crippen molar-refractivity contribution >= 4 is 5.84 Å². The quantitative estimate of drug-likeness (QED) is 0.343. The summed E-state index contributed by atoms with van der Waals surface area (Å²) in [5.74, 6) is 4.26. The van der Waals surface area contributed by atoms with Crippen LogP contribution in [0.4, 0.5) is 8.78 Å². The van der Waals surface area contributed by atoms with Crippen LogP contribution in [0.1, 0.15) is 31.9 Å². The molecule has 0 aliphatic heterocycles. The Bertz CT molecular complexity index is 448. The van der Waals surface area contributed by atoms with Crippen LogP contribution in [0, 0.1) is 18.6 Å². The number of nitrogens with two attached hydrogens (primary N) is 1. The molecule has 0 aliphatic carbocycles. The zero-order valence-electron chi connectivity index (χ0n) is 10.4. The molecule has 1 rings (SSSR count). The molecule has 0 unspecified atom stereocenters.